The Kier molecular flexibility index (Phi) is 5.59. The number of hydrogen-bond acceptors (Lipinski definition) is 3. The Labute approximate surface area is 131 Å². The molecule has 3 nitrogen and oxygen atoms in total. The molecule has 0 bridgehead atoms. The highest BCUT2D eigenvalue weighted by Crippen LogP contribution is 2.24. The molecule has 1 aromatic heterocycles. The Morgan fingerprint density at radius 2 is 2.10 bits per heavy atom. The normalized spacial score (nSPS) is 10.9. The Hall–Kier alpha value is -1.58. The zero-order valence-electron chi connectivity index (χ0n) is 12.7. The third-order valence-corrected chi connectivity index (χ3v) is 3.44. The molecule has 0 aliphatic rings. The van der Waals surface area contributed by atoms with Gasteiger partial charge in [0.15, 0.2) is 0 Å². The van der Waals surface area contributed by atoms with E-state index in [1.807, 2.05) is 37.3 Å². The molecule has 0 unspecified atom stereocenters. The zero-order chi connectivity index (χ0) is 15.2. The predicted molar refractivity (Wildman–Crippen MR) is 86.7 cm³/mol. The van der Waals surface area contributed by atoms with Gasteiger partial charge in [-0.3, -0.25) is 4.98 Å². The minimum absolute atomic E-state index is 0.412. The van der Waals surface area contributed by atoms with Gasteiger partial charge in [0.1, 0.15) is 12.4 Å². The van der Waals surface area contributed by atoms with Crippen LogP contribution in [0.2, 0.25) is 5.02 Å². The Balaban J connectivity index is 2.10. The number of hydrogen-bond donors (Lipinski definition) is 1. The van der Waals surface area contributed by atoms with Gasteiger partial charge in [-0.2, -0.15) is 0 Å². The molecule has 0 aliphatic heterocycles. The second-order valence-electron chi connectivity index (χ2n) is 5.34. The van der Waals surface area contributed by atoms with Crippen molar-refractivity contribution < 1.29 is 4.74 Å². The van der Waals surface area contributed by atoms with Crippen molar-refractivity contribution in [2.24, 2.45) is 0 Å². The van der Waals surface area contributed by atoms with Crippen LogP contribution < -0.4 is 10.1 Å². The van der Waals surface area contributed by atoms with Crippen LogP contribution in [0.5, 0.6) is 5.75 Å². The van der Waals surface area contributed by atoms with Gasteiger partial charge in [0.2, 0.25) is 0 Å². The second-order valence-corrected chi connectivity index (χ2v) is 5.78. The van der Waals surface area contributed by atoms with Gasteiger partial charge in [0.05, 0.1) is 5.69 Å². The number of pyridine rings is 1. The summed E-state index contributed by atoms with van der Waals surface area (Å²) in [6.45, 7) is 7.46. The standard InChI is InChI=1S/C17H21ClN2O/c1-12(2)20-10-14-9-15(18)6-7-17(14)21-11-16-13(3)5-4-8-19-16/h4-9,12,20H,10-11H2,1-3H3. The van der Waals surface area contributed by atoms with Gasteiger partial charge in [-0.15, -0.1) is 0 Å². The van der Waals surface area contributed by atoms with E-state index in [1.54, 1.807) is 6.20 Å². The lowest BCUT2D eigenvalue weighted by Gasteiger charge is -2.14. The van der Waals surface area contributed by atoms with E-state index in [9.17, 15) is 0 Å². The van der Waals surface area contributed by atoms with Crippen LogP contribution in [-0.4, -0.2) is 11.0 Å². The fourth-order valence-corrected chi connectivity index (χ4v) is 2.15. The first-order chi connectivity index (χ1) is 10.1. The van der Waals surface area contributed by atoms with Crippen LogP contribution in [0.3, 0.4) is 0 Å². The van der Waals surface area contributed by atoms with Crippen LogP contribution >= 0.6 is 11.6 Å². The van der Waals surface area contributed by atoms with Gasteiger partial charge < -0.3 is 10.1 Å². The van der Waals surface area contributed by atoms with E-state index in [0.29, 0.717) is 12.6 Å². The number of benzene rings is 1. The molecule has 0 atom stereocenters. The molecule has 1 aromatic carbocycles. The molecule has 0 saturated heterocycles. The average molecular weight is 305 g/mol. The summed E-state index contributed by atoms with van der Waals surface area (Å²) in [6.07, 6.45) is 1.79. The van der Waals surface area contributed by atoms with Crippen molar-refractivity contribution in [2.75, 3.05) is 0 Å². The molecule has 1 N–H and O–H groups in total. The van der Waals surface area contributed by atoms with Crippen LogP contribution in [0.15, 0.2) is 36.5 Å². The predicted octanol–water partition coefficient (Wildman–Crippen LogP) is 4.12. The highest BCUT2D eigenvalue weighted by atomic mass is 35.5. The number of ether oxygens (including phenoxy) is 1. The van der Waals surface area contributed by atoms with Gasteiger partial charge in [0, 0.05) is 29.4 Å². The van der Waals surface area contributed by atoms with Gasteiger partial charge in [-0.1, -0.05) is 31.5 Å². The summed E-state index contributed by atoms with van der Waals surface area (Å²) in [5.41, 5.74) is 3.15. The molecule has 2 aromatic rings. The SMILES string of the molecule is Cc1cccnc1COc1ccc(Cl)cc1CNC(C)C. The first kappa shape index (κ1) is 15.8. The van der Waals surface area contributed by atoms with Crippen LogP contribution in [0.1, 0.15) is 30.7 Å². The zero-order valence-corrected chi connectivity index (χ0v) is 13.4. The monoisotopic (exact) mass is 304 g/mol. The van der Waals surface area contributed by atoms with Crippen molar-refractivity contribution in [1.82, 2.24) is 10.3 Å². The number of aryl methyl sites for hydroxylation is 1. The summed E-state index contributed by atoms with van der Waals surface area (Å²) in [5.74, 6) is 0.845. The van der Waals surface area contributed by atoms with Gasteiger partial charge in [-0.25, -0.2) is 0 Å². The fraction of sp³-hybridized carbons (Fsp3) is 0.353. The van der Waals surface area contributed by atoms with Crippen LogP contribution in [0.4, 0.5) is 0 Å². The Morgan fingerprint density at radius 1 is 1.29 bits per heavy atom. The summed E-state index contributed by atoms with van der Waals surface area (Å²) in [4.78, 5) is 4.35. The van der Waals surface area contributed by atoms with E-state index in [-0.39, 0.29) is 0 Å². The summed E-state index contributed by atoms with van der Waals surface area (Å²) in [7, 11) is 0. The summed E-state index contributed by atoms with van der Waals surface area (Å²) < 4.78 is 5.93. The molecule has 0 saturated carbocycles. The first-order valence-corrected chi connectivity index (χ1v) is 7.49. The van der Waals surface area contributed by atoms with E-state index in [4.69, 9.17) is 16.3 Å². The highest BCUT2D eigenvalue weighted by Gasteiger charge is 2.07. The van der Waals surface area contributed by atoms with Gasteiger partial charge >= 0.3 is 0 Å². The molecule has 112 valence electrons. The molecule has 0 aliphatic carbocycles. The fourth-order valence-electron chi connectivity index (χ4n) is 1.96. The Bertz CT molecular complexity index is 599. The average Bonchev–Trinajstić information content (AvgIpc) is 2.45. The number of halogens is 1. The van der Waals surface area contributed by atoms with Crippen LogP contribution in [-0.2, 0) is 13.2 Å². The first-order valence-electron chi connectivity index (χ1n) is 7.11. The van der Waals surface area contributed by atoms with Crippen LogP contribution in [0, 0.1) is 6.92 Å². The van der Waals surface area contributed by atoms with Gasteiger partial charge in [-0.05, 0) is 36.8 Å². The maximum Gasteiger partial charge on any atom is 0.130 e. The van der Waals surface area contributed by atoms with Crippen molar-refractivity contribution in [3.05, 3.63) is 58.4 Å². The van der Waals surface area contributed by atoms with Crippen molar-refractivity contribution in [3.63, 3.8) is 0 Å². The van der Waals surface area contributed by atoms with Crippen LogP contribution in [0.25, 0.3) is 0 Å². The van der Waals surface area contributed by atoms with Crippen molar-refractivity contribution >= 4 is 11.6 Å². The molecule has 21 heavy (non-hydrogen) atoms. The maximum absolute atomic E-state index is 6.08. The topological polar surface area (TPSA) is 34.1 Å². The lowest BCUT2D eigenvalue weighted by atomic mass is 10.2. The number of aromatic nitrogens is 1. The largest absolute Gasteiger partial charge is 0.487 e. The van der Waals surface area contributed by atoms with Crippen molar-refractivity contribution in [3.8, 4) is 5.75 Å². The number of rotatable bonds is 6. The van der Waals surface area contributed by atoms with E-state index >= 15 is 0 Å². The van der Waals surface area contributed by atoms with E-state index in [2.05, 4.69) is 24.1 Å². The quantitative estimate of drug-likeness (QED) is 0.871. The highest BCUT2D eigenvalue weighted by molar-refractivity contribution is 6.30. The lowest BCUT2D eigenvalue weighted by Crippen LogP contribution is -2.22. The Morgan fingerprint density at radius 3 is 2.81 bits per heavy atom. The number of nitrogens with zero attached hydrogens (tertiary/aromatic N) is 1. The molecule has 0 fully saturated rings. The summed E-state index contributed by atoms with van der Waals surface area (Å²) >= 11 is 6.08. The third-order valence-electron chi connectivity index (χ3n) is 3.21. The van der Waals surface area contributed by atoms with Crippen molar-refractivity contribution in [2.45, 2.75) is 40.0 Å². The smallest absolute Gasteiger partial charge is 0.130 e. The molecular weight excluding hydrogens is 284 g/mol. The molecule has 0 radical (unpaired) electrons. The second kappa shape index (κ2) is 7.43. The van der Waals surface area contributed by atoms with Crippen molar-refractivity contribution in [1.29, 1.82) is 0 Å². The minimum Gasteiger partial charge on any atom is -0.487 e. The van der Waals surface area contributed by atoms with E-state index < -0.39 is 0 Å². The molecule has 1 heterocycles. The molecule has 0 amide bonds. The van der Waals surface area contributed by atoms with E-state index in [1.165, 1.54) is 0 Å². The number of nitrogens with one attached hydrogen (secondary N) is 1. The maximum atomic E-state index is 6.08. The lowest BCUT2D eigenvalue weighted by molar-refractivity contribution is 0.296. The summed E-state index contributed by atoms with van der Waals surface area (Å²) in [6, 6.07) is 10.1. The molecule has 4 heteroatoms. The molecular formula is C17H21ClN2O. The summed E-state index contributed by atoms with van der Waals surface area (Å²) in [5, 5.41) is 4.10. The molecule has 2 rings (SSSR count). The van der Waals surface area contributed by atoms with E-state index in [0.717, 1.165) is 34.1 Å². The van der Waals surface area contributed by atoms with Gasteiger partial charge in [0.25, 0.3) is 0 Å². The minimum atomic E-state index is 0.412. The third kappa shape index (κ3) is 4.73. The molecule has 0 spiro atoms.